The topological polar surface area (TPSA) is 89.4 Å². The summed E-state index contributed by atoms with van der Waals surface area (Å²) in [7, 11) is 0. The Morgan fingerprint density at radius 1 is 0.957 bits per heavy atom. The van der Waals surface area contributed by atoms with Crippen LogP contribution in [0.3, 0.4) is 0 Å². The van der Waals surface area contributed by atoms with Gasteiger partial charge in [0.25, 0.3) is 0 Å². The molecule has 5 heteroatoms. The highest BCUT2D eigenvalue weighted by molar-refractivity contribution is 5.74. The highest BCUT2D eigenvalue weighted by Gasteiger charge is 2.29. The predicted octanol–water partition coefficient (Wildman–Crippen LogP) is 5.08. The van der Waals surface area contributed by atoms with E-state index < -0.39 is 11.1 Å². The van der Waals surface area contributed by atoms with Crippen LogP contribution in [-0.4, -0.2) is 16.9 Å². The fraction of sp³-hybridized carbons (Fsp3) is 0.833. The van der Waals surface area contributed by atoms with Crippen LogP contribution in [0.2, 0.25) is 0 Å². The summed E-state index contributed by atoms with van der Waals surface area (Å²) in [5.74, 6) is 0.990. The molecule has 0 bridgehead atoms. The van der Waals surface area contributed by atoms with Gasteiger partial charge in [-0.1, -0.05) is 34.6 Å². The maximum atomic E-state index is 9.81. The van der Waals surface area contributed by atoms with Gasteiger partial charge in [0.2, 0.25) is 0 Å². The van der Waals surface area contributed by atoms with Crippen molar-refractivity contribution in [2.45, 2.75) is 85.7 Å². The van der Waals surface area contributed by atoms with E-state index in [9.17, 15) is 15.3 Å². The van der Waals surface area contributed by atoms with E-state index in [4.69, 9.17) is 0 Å². The Morgan fingerprint density at radius 2 is 1.22 bits per heavy atom. The quantitative estimate of drug-likeness (QED) is 0.612. The first-order valence-electron chi connectivity index (χ1n) is 8.19. The second-order valence-electron chi connectivity index (χ2n) is 7.22. The molecule has 0 saturated carbocycles. The van der Waals surface area contributed by atoms with Crippen molar-refractivity contribution in [3.8, 4) is 12.1 Å². The molecular formula is C18H32N4O. The average Bonchev–Trinajstić information content (AvgIpc) is 2.44. The van der Waals surface area contributed by atoms with Gasteiger partial charge in [-0.25, -0.2) is 0 Å². The number of carbonyl (C=O) groups excluding carboxylic acids is 1. The van der Waals surface area contributed by atoms with Crippen molar-refractivity contribution in [3.05, 3.63) is 0 Å². The molecule has 0 rings (SSSR count). The summed E-state index contributed by atoms with van der Waals surface area (Å²) in [6, 6.07) is 4.38. The Morgan fingerprint density at radius 3 is 1.35 bits per heavy atom. The van der Waals surface area contributed by atoms with Crippen LogP contribution in [-0.2, 0) is 4.79 Å². The predicted molar refractivity (Wildman–Crippen MR) is 92.8 cm³/mol. The zero-order valence-electron chi connectivity index (χ0n) is 16.0. The smallest absolute Gasteiger partial charge is 0.165 e. The molecule has 0 fully saturated rings. The average molecular weight is 320 g/mol. The van der Waals surface area contributed by atoms with Crippen LogP contribution in [0, 0.1) is 34.5 Å². The fourth-order valence-corrected chi connectivity index (χ4v) is 2.03. The molecule has 130 valence electrons. The first kappa shape index (κ1) is 23.5. The number of rotatable bonds is 7. The van der Waals surface area contributed by atoms with Gasteiger partial charge in [-0.3, -0.25) is 0 Å². The molecule has 0 aliphatic heterocycles. The van der Waals surface area contributed by atoms with Gasteiger partial charge in [0.1, 0.15) is 5.78 Å². The number of nitrogens with zero attached hydrogens (tertiary/aromatic N) is 4. The molecule has 0 aromatic carbocycles. The molecule has 2 unspecified atom stereocenters. The van der Waals surface area contributed by atoms with Gasteiger partial charge in [0.15, 0.2) is 11.1 Å². The molecule has 0 aliphatic carbocycles. The molecule has 0 aromatic rings. The zero-order valence-corrected chi connectivity index (χ0v) is 16.0. The molecule has 0 heterocycles. The molecule has 0 saturated heterocycles. The number of nitriles is 2. The minimum Gasteiger partial charge on any atom is -0.300 e. The van der Waals surface area contributed by atoms with E-state index in [1.165, 1.54) is 0 Å². The summed E-state index contributed by atoms with van der Waals surface area (Å²) >= 11 is 0. The van der Waals surface area contributed by atoms with Crippen LogP contribution in [0.1, 0.15) is 74.7 Å². The van der Waals surface area contributed by atoms with E-state index in [1.54, 1.807) is 20.8 Å². The minimum absolute atomic E-state index is 0.255. The van der Waals surface area contributed by atoms with Crippen LogP contribution in [0.15, 0.2) is 10.2 Å². The van der Waals surface area contributed by atoms with Gasteiger partial charge in [-0.2, -0.15) is 20.8 Å². The Labute approximate surface area is 141 Å². The highest BCUT2D eigenvalue weighted by Crippen LogP contribution is 2.25. The molecule has 5 nitrogen and oxygen atoms in total. The molecule has 0 amide bonds. The van der Waals surface area contributed by atoms with E-state index >= 15 is 0 Å². The standard InChI is InChI=1S/C14H24N4.C4H8O/c1-11(2)7-13(5,9-15)17-18-14(6,10-16)8-12(3)4;1-3-4(2)5/h11-12H,7-8H2,1-6H3;3H2,1-2H3. The van der Waals surface area contributed by atoms with Crippen molar-refractivity contribution >= 4 is 5.78 Å². The van der Waals surface area contributed by atoms with Crippen LogP contribution in [0.4, 0.5) is 0 Å². The van der Waals surface area contributed by atoms with Crippen LogP contribution >= 0.6 is 0 Å². The van der Waals surface area contributed by atoms with E-state index in [0.717, 1.165) is 0 Å². The van der Waals surface area contributed by atoms with Gasteiger partial charge in [0.05, 0.1) is 12.1 Å². The largest absolute Gasteiger partial charge is 0.300 e. The number of carbonyl (C=O) groups is 1. The van der Waals surface area contributed by atoms with E-state index in [0.29, 0.717) is 31.1 Å². The highest BCUT2D eigenvalue weighted by atomic mass is 16.1. The monoisotopic (exact) mass is 320 g/mol. The lowest BCUT2D eigenvalue weighted by Gasteiger charge is -2.22. The van der Waals surface area contributed by atoms with Crippen molar-refractivity contribution in [1.82, 2.24) is 0 Å². The van der Waals surface area contributed by atoms with Crippen molar-refractivity contribution in [3.63, 3.8) is 0 Å². The molecule has 0 radical (unpaired) electrons. The third-order valence-corrected chi connectivity index (χ3v) is 3.08. The SMILES string of the molecule is CC(C)CC(C)(C#N)N=NC(C)(C#N)CC(C)C.CCC(C)=O. The van der Waals surface area contributed by atoms with Gasteiger partial charge in [-0.15, -0.1) is 0 Å². The van der Waals surface area contributed by atoms with Crippen molar-refractivity contribution in [1.29, 1.82) is 10.5 Å². The Balaban J connectivity index is 0. The number of ketones is 1. The van der Waals surface area contributed by atoms with Crippen molar-refractivity contribution < 1.29 is 4.79 Å². The first-order valence-corrected chi connectivity index (χ1v) is 8.19. The van der Waals surface area contributed by atoms with Crippen molar-refractivity contribution in [2.24, 2.45) is 22.1 Å². The van der Waals surface area contributed by atoms with Gasteiger partial charge < -0.3 is 4.79 Å². The second kappa shape index (κ2) is 10.9. The van der Waals surface area contributed by atoms with E-state index in [2.05, 4.69) is 22.4 Å². The Bertz CT molecular complexity index is 434. The minimum atomic E-state index is -0.830. The molecule has 2 atom stereocenters. The van der Waals surface area contributed by atoms with Gasteiger partial charge in [-0.05, 0) is 45.4 Å². The number of Topliss-reactive ketones (excluding diaryl/α,β-unsaturated/α-hetero) is 1. The third-order valence-electron chi connectivity index (χ3n) is 3.08. The summed E-state index contributed by atoms with van der Waals surface area (Å²) < 4.78 is 0. The summed E-state index contributed by atoms with van der Waals surface area (Å²) in [5, 5.41) is 26.7. The Hall–Kier alpha value is -1.75. The molecule has 23 heavy (non-hydrogen) atoms. The first-order chi connectivity index (χ1) is 10.4. The lowest BCUT2D eigenvalue weighted by atomic mass is 9.92. The fourth-order valence-electron chi connectivity index (χ4n) is 2.03. The van der Waals surface area contributed by atoms with Crippen LogP contribution in [0.5, 0.6) is 0 Å². The third kappa shape index (κ3) is 12.5. The van der Waals surface area contributed by atoms with E-state index in [-0.39, 0.29) is 5.78 Å². The van der Waals surface area contributed by atoms with Crippen LogP contribution in [0.25, 0.3) is 0 Å². The maximum Gasteiger partial charge on any atom is 0.165 e. The second-order valence-corrected chi connectivity index (χ2v) is 7.22. The Kier molecular flexibility index (Phi) is 11.1. The van der Waals surface area contributed by atoms with Gasteiger partial charge >= 0.3 is 0 Å². The van der Waals surface area contributed by atoms with Crippen LogP contribution < -0.4 is 0 Å². The summed E-state index contributed by atoms with van der Waals surface area (Å²) in [6.45, 7) is 15.1. The molecule has 0 spiro atoms. The normalized spacial score (nSPS) is 16.0. The molecular weight excluding hydrogens is 288 g/mol. The van der Waals surface area contributed by atoms with Gasteiger partial charge in [0, 0.05) is 6.42 Å². The zero-order chi connectivity index (χ0) is 18.7. The molecule has 0 aliphatic rings. The number of azo groups is 1. The van der Waals surface area contributed by atoms with Crippen molar-refractivity contribution in [2.75, 3.05) is 0 Å². The van der Waals surface area contributed by atoms with E-state index in [1.807, 2.05) is 34.6 Å². The summed E-state index contributed by atoms with van der Waals surface area (Å²) in [6.07, 6.45) is 1.96. The summed E-state index contributed by atoms with van der Waals surface area (Å²) in [5.41, 5.74) is -1.66. The maximum absolute atomic E-state index is 9.81. The lowest BCUT2D eigenvalue weighted by Crippen LogP contribution is -2.26. The summed E-state index contributed by atoms with van der Waals surface area (Å²) in [4.78, 5) is 9.81. The lowest BCUT2D eigenvalue weighted by molar-refractivity contribution is -0.116. The number of hydrogen-bond acceptors (Lipinski definition) is 5. The molecule has 0 N–H and O–H groups in total. The molecule has 0 aromatic heterocycles. The number of hydrogen-bond donors (Lipinski definition) is 0.